The summed E-state index contributed by atoms with van der Waals surface area (Å²) in [5, 5.41) is 12.6. The highest BCUT2D eigenvalue weighted by Crippen LogP contribution is 2.44. The largest absolute Gasteiger partial charge is 0.511 e. The van der Waals surface area contributed by atoms with E-state index in [0.29, 0.717) is 12.2 Å². The molecule has 140 valence electrons. The zero-order valence-electron chi connectivity index (χ0n) is 15.3. The van der Waals surface area contributed by atoms with Crippen LogP contribution in [0.5, 0.6) is 5.75 Å². The van der Waals surface area contributed by atoms with E-state index >= 15 is 0 Å². The fourth-order valence-electron chi connectivity index (χ4n) is 4.38. The van der Waals surface area contributed by atoms with Gasteiger partial charge in [0, 0.05) is 36.7 Å². The van der Waals surface area contributed by atoms with Crippen LogP contribution in [0.2, 0.25) is 0 Å². The first kappa shape index (κ1) is 16.5. The molecule has 0 spiro atoms. The van der Waals surface area contributed by atoms with Gasteiger partial charge in [0.05, 0.1) is 11.2 Å². The molecule has 0 saturated carbocycles. The van der Waals surface area contributed by atoms with Crippen molar-refractivity contribution in [2.45, 2.75) is 12.8 Å². The molecule has 1 aliphatic carbocycles. The molecule has 5 aromatic rings. The van der Waals surface area contributed by atoms with Gasteiger partial charge in [0.2, 0.25) is 0 Å². The minimum Gasteiger partial charge on any atom is -0.449 e. The van der Waals surface area contributed by atoms with Crippen LogP contribution in [0.4, 0.5) is 4.79 Å². The van der Waals surface area contributed by atoms with Gasteiger partial charge in [0.15, 0.2) is 0 Å². The first-order chi connectivity index (χ1) is 14.2. The normalized spacial score (nSPS) is 12.8. The number of fused-ring (bicyclic) bond motifs is 7. The summed E-state index contributed by atoms with van der Waals surface area (Å²) in [5.74, 6) is 0.417. The highest BCUT2D eigenvalue weighted by atomic mass is 32.1. The minimum atomic E-state index is -1.30. The van der Waals surface area contributed by atoms with Gasteiger partial charge in [-0.1, -0.05) is 30.3 Å². The van der Waals surface area contributed by atoms with Crippen LogP contribution < -0.4 is 4.74 Å². The molecule has 0 unspecified atom stereocenters. The van der Waals surface area contributed by atoms with Gasteiger partial charge in [0.25, 0.3) is 0 Å². The zero-order valence-corrected chi connectivity index (χ0v) is 16.1. The molecule has 0 amide bonds. The summed E-state index contributed by atoms with van der Waals surface area (Å²) in [6.07, 6.45) is 0.240. The van der Waals surface area contributed by atoms with Gasteiger partial charge >= 0.3 is 6.16 Å². The highest BCUT2D eigenvalue weighted by molar-refractivity contribution is 7.25. The fourth-order valence-corrected chi connectivity index (χ4v) is 5.51. The topological polar surface area (TPSA) is 59.4 Å². The monoisotopic (exact) mass is 397 g/mol. The minimum absolute atomic E-state index is 0.417. The lowest BCUT2D eigenvalue weighted by atomic mass is 9.86. The van der Waals surface area contributed by atoms with E-state index in [4.69, 9.17) is 9.72 Å². The van der Waals surface area contributed by atoms with Crippen molar-refractivity contribution in [3.05, 3.63) is 71.8 Å². The number of ether oxygens (including phenoxy) is 1. The number of hydrogen-bond donors (Lipinski definition) is 1. The van der Waals surface area contributed by atoms with Crippen LogP contribution in [0.25, 0.3) is 42.3 Å². The molecule has 0 saturated heterocycles. The van der Waals surface area contributed by atoms with Crippen LogP contribution in [0.3, 0.4) is 0 Å². The molecule has 3 aromatic carbocycles. The number of benzene rings is 3. The Morgan fingerprint density at radius 1 is 0.931 bits per heavy atom. The summed E-state index contributed by atoms with van der Waals surface area (Å²) in [7, 11) is 0. The van der Waals surface area contributed by atoms with E-state index < -0.39 is 6.16 Å². The van der Waals surface area contributed by atoms with E-state index in [0.717, 1.165) is 34.1 Å². The average Bonchev–Trinajstić information content (AvgIpc) is 3.09. The van der Waals surface area contributed by atoms with Crippen molar-refractivity contribution in [3.8, 4) is 17.0 Å². The predicted molar refractivity (Wildman–Crippen MR) is 116 cm³/mol. The van der Waals surface area contributed by atoms with E-state index in [2.05, 4.69) is 36.4 Å². The summed E-state index contributed by atoms with van der Waals surface area (Å²) in [6, 6.07) is 20.5. The van der Waals surface area contributed by atoms with Gasteiger partial charge in [-0.25, -0.2) is 9.78 Å². The smallest absolute Gasteiger partial charge is 0.449 e. The van der Waals surface area contributed by atoms with Crippen molar-refractivity contribution in [2.75, 3.05) is 0 Å². The SMILES string of the molecule is O=C(O)Oc1c2c(nc3ccccc13)-c1cc3sc4ccccc4c3cc1CC2. The Hall–Kier alpha value is -3.44. The summed E-state index contributed by atoms with van der Waals surface area (Å²) in [4.78, 5) is 16.3. The number of rotatable bonds is 1. The molecular formula is C24H15NO3S. The fraction of sp³-hybridized carbons (Fsp3) is 0.0833. The molecule has 5 heteroatoms. The summed E-state index contributed by atoms with van der Waals surface area (Å²) in [5.41, 5.74) is 4.77. The number of para-hydroxylation sites is 1. The molecule has 2 aromatic heterocycles. The summed E-state index contributed by atoms with van der Waals surface area (Å²) in [6.45, 7) is 0. The number of aryl methyl sites for hydroxylation is 1. The van der Waals surface area contributed by atoms with Gasteiger partial charge in [-0.05, 0) is 48.7 Å². The third kappa shape index (κ3) is 2.44. The van der Waals surface area contributed by atoms with Crippen LogP contribution in [0, 0.1) is 0 Å². The number of carbonyl (C=O) groups is 1. The highest BCUT2D eigenvalue weighted by Gasteiger charge is 2.25. The van der Waals surface area contributed by atoms with Crippen LogP contribution in [-0.2, 0) is 12.8 Å². The molecule has 4 nitrogen and oxygen atoms in total. The number of pyridine rings is 1. The van der Waals surface area contributed by atoms with E-state index in [-0.39, 0.29) is 0 Å². The molecule has 1 N–H and O–H groups in total. The number of hydrogen-bond acceptors (Lipinski definition) is 4. The lowest BCUT2D eigenvalue weighted by molar-refractivity contribution is 0.144. The number of aromatic nitrogens is 1. The van der Waals surface area contributed by atoms with Gasteiger partial charge in [-0.2, -0.15) is 0 Å². The van der Waals surface area contributed by atoms with Crippen molar-refractivity contribution in [2.24, 2.45) is 0 Å². The van der Waals surface area contributed by atoms with Crippen molar-refractivity contribution in [1.29, 1.82) is 0 Å². The third-order valence-electron chi connectivity index (χ3n) is 5.63. The van der Waals surface area contributed by atoms with E-state index in [1.807, 2.05) is 24.3 Å². The van der Waals surface area contributed by atoms with Crippen molar-refractivity contribution in [1.82, 2.24) is 4.98 Å². The maximum atomic E-state index is 11.4. The lowest BCUT2D eigenvalue weighted by Gasteiger charge is -2.22. The van der Waals surface area contributed by atoms with Gasteiger partial charge in [-0.15, -0.1) is 11.3 Å². The Morgan fingerprint density at radius 2 is 1.72 bits per heavy atom. The van der Waals surface area contributed by atoms with Crippen LogP contribution in [0.1, 0.15) is 11.1 Å². The van der Waals surface area contributed by atoms with E-state index in [1.54, 1.807) is 11.3 Å². The van der Waals surface area contributed by atoms with Crippen LogP contribution in [0.15, 0.2) is 60.7 Å². The first-order valence-corrected chi connectivity index (χ1v) is 10.3. The maximum Gasteiger partial charge on any atom is 0.511 e. The van der Waals surface area contributed by atoms with Gasteiger partial charge in [0.1, 0.15) is 5.75 Å². The summed E-state index contributed by atoms with van der Waals surface area (Å²) >= 11 is 1.77. The Morgan fingerprint density at radius 3 is 2.59 bits per heavy atom. The number of nitrogens with zero attached hydrogens (tertiary/aromatic N) is 1. The molecule has 0 fully saturated rings. The standard InChI is InChI=1S/C24H15NO3S/c26-24(27)28-23-15-6-1-3-7-19(15)25-22-16(23)10-9-13-11-18-14-5-2-4-8-20(14)29-21(18)12-17(13)22/h1-8,11-12H,9-10H2,(H,26,27). The van der Waals surface area contributed by atoms with Crippen molar-refractivity contribution < 1.29 is 14.6 Å². The second-order valence-corrected chi connectivity index (χ2v) is 8.34. The van der Waals surface area contributed by atoms with Crippen LogP contribution >= 0.6 is 11.3 Å². The molecule has 6 rings (SSSR count). The second-order valence-electron chi connectivity index (χ2n) is 7.26. The lowest BCUT2D eigenvalue weighted by Crippen LogP contribution is -2.12. The predicted octanol–water partition coefficient (Wildman–Crippen LogP) is 6.43. The molecule has 0 aliphatic heterocycles. The maximum absolute atomic E-state index is 11.4. The second kappa shape index (κ2) is 6.03. The Bertz CT molecular complexity index is 1470. The van der Waals surface area contributed by atoms with Crippen molar-refractivity contribution >= 4 is 48.6 Å². The molecule has 0 radical (unpaired) electrons. The molecule has 0 bridgehead atoms. The molecule has 2 heterocycles. The van der Waals surface area contributed by atoms with Crippen LogP contribution in [-0.4, -0.2) is 16.2 Å². The van der Waals surface area contributed by atoms with Crippen molar-refractivity contribution in [3.63, 3.8) is 0 Å². The third-order valence-corrected chi connectivity index (χ3v) is 6.77. The number of thiophene rings is 1. The van der Waals surface area contributed by atoms with Gasteiger partial charge in [-0.3, -0.25) is 0 Å². The Balaban J connectivity index is 1.67. The first-order valence-electron chi connectivity index (χ1n) is 9.46. The number of carboxylic acid groups (broad SMARTS) is 1. The summed E-state index contributed by atoms with van der Waals surface area (Å²) < 4.78 is 7.74. The van der Waals surface area contributed by atoms with Gasteiger partial charge < -0.3 is 9.84 Å². The zero-order chi connectivity index (χ0) is 19.5. The van der Waals surface area contributed by atoms with E-state index in [1.165, 1.54) is 25.7 Å². The Labute approximate surface area is 170 Å². The quantitative estimate of drug-likeness (QED) is 0.331. The molecule has 29 heavy (non-hydrogen) atoms. The molecular weight excluding hydrogens is 382 g/mol. The average molecular weight is 397 g/mol. The molecule has 1 aliphatic rings. The molecule has 0 atom stereocenters. The van der Waals surface area contributed by atoms with E-state index in [9.17, 15) is 9.90 Å². The Kier molecular flexibility index (Phi) is 3.43.